The minimum atomic E-state index is -1.06. The van der Waals surface area contributed by atoms with Crippen molar-refractivity contribution in [2.45, 2.75) is 38.0 Å². The third kappa shape index (κ3) is 3.17. The number of ether oxygens (including phenoxy) is 1. The van der Waals surface area contributed by atoms with Crippen LogP contribution in [-0.2, 0) is 14.3 Å². The first kappa shape index (κ1) is 11.9. The summed E-state index contributed by atoms with van der Waals surface area (Å²) in [6, 6.07) is -0.891. The molecule has 0 saturated carbocycles. The maximum atomic E-state index is 11.5. The summed E-state index contributed by atoms with van der Waals surface area (Å²) in [5.41, 5.74) is 5.39. The molecule has 86 valence electrons. The van der Waals surface area contributed by atoms with E-state index in [0.717, 1.165) is 6.42 Å². The van der Waals surface area contributed by atoms with Crippen molar-refractivity contribution in [3.05, 3.63) is 0 Å². The predicted octanol–water partition coefficient (Wildman–Crippen LogP) is -0.918. The summed E-state index contributed by atoms with van der Waals surface area (Å²) >= 11 is 0. The van der Waals surface area contributed by atoms with Crippen LogP contribution in [0.25, 0.3) is 0 Å². The van der Waals surface area contributed by atoms with Gasteiger partial charge in [-0.15, -0.1) is 0 Å². The van der Waals surface area contributed by atoms with Crippen LogP contribution in [0.5, 0.6) is 0 Å². The lowest BCUT2D eigenvalue weighted by atomic mass is 10.2. The van der Waals surface area contributed by atoms with Gasteiger partial charge in [0.2, 0.25) is 5.91 Å². The number of carboxylic acid groups (broad SMARTS) is 1. The molecule has 1 aliphatic heterocycles. The molecule has 0 spiro atoms. The first-order chi connectivity index (χ1) is 7.04. The van der Waals surface area contributed by atoms with E-state index in [1.807, 2.05) is 0 Å². The smallest absolute Gasteiger partial charge is 0.325 e. The molecule has 1 amide bonds. The number of aliphatic carboxylic acids is 1. The number of carbonyl (C=O) groups is 2. The number of hydrogen-bond acceptors (Lipinski definition) is 4. The van der Waals surface area contributed by atoms with E-state index in [9.17, 15) is 9.59 Å². The average Bonchev–Trinajstić information content (AvgIpc) is 2.65. The fraction of sp³-hybridized carbons (Fsp3) is 0.778. The first-order valence-electron chi connectivity index (χ1n) is 4.93. The van der Waals surface area contributed by atoms with Gasteiger partial charge in [-0.3, -0.25) is 9.59 Å². The molecule has 0 aromatic heterocycles. The van der Waals surface area contributed by atoms with Crippen LogP contribution in [0, 0.1) is 0 Å². The highest BCUT2D eigenvalue weighted by Gasteiger charge is 2.31. The number of nitrogens with two attached hydrogens (primary N) is 1. The first-order valence-corrected chi connectivity index (χ1v) is 4.93. The van der Waals surface area contributed by atoms with E-state index in [1.165, 1.54) is 6.92 Å². The highest BCUT2D eigenvalue weighted by Crippen LogP contribution is 2.18. The zero-order valence-electron chi connectivity index (χ0n) is 8.60. The Labute approximate surface area is 87.8 Å². The van der Waals surface area contributed by atoms with Crippen LogP contribution in [0.3, 0.4) is 0 Å². The van der Waals surface area contributed by atoms with Crippen molar-refractivity contribution in [2.24, 2.45) is 5.73 Å². The molecule has 1 saturated heterocycles. The number of carboxylic acids is 1. The van der Waals surface area contributed by atoms with Gasteiger partial charge in [-0.25, -0.2) is 0 Å². The van der Waals surface area contributed by atoms with E-state index < -0.39 is 18.1 Å². The molecule has 0 bridgehead atoms. The van der Waals surface area contributed by atoms with Gasteiger partial charge in [0.05, 0.1) is 6.10 Å². The van der Waals surface area contributed by atoms with Crippen LogP contribution < -0.4 is 11.1 Å². The number of rotatable bonds is 4. The van der Waals surface area contributed by atoms with Gasteiger partial charge in [0, 0.05) is 6.54 Å². The fourth-order valence-corrected chi connectivity index (χ4v) is 1.44. The third-order valence-electron chi connectivity index (χ3n) is 2.39. The molecule has 1 fully saturated rings. The Morgan fingerprint density at radius 1 is 1.60 bits per heavy atom. The summed E-state index contributed by atoms with van der Waals surface area (Å²) in [6.45, 7) is 1.80. The second kappa shape index (κ2) is 5.09. The zero-order valence-corrected chi connectivity index (χ0v) is 8.60. The minimum Gasteiger partial charge on any atom is -0.480 e. The normalized spacial score (nSPS) is 27.3. The Hall–Kier alpha value is -1.14. The quantitative estimate of drug-likeness (QED) is 0.564. The largest absolute Gasteiger partial charge is 0.480 e. The molecule has 0 radical (unpaired) electrons. The van der Waals surface area contributed by atoms with Crippen LogP contribution in [0.15, 0.2) is 0 Å². The molecule has 6 heteroatoms. The number of nitrogens with one attached hydrogen (secondary N) is 1. The van der Waals surface area contributed by atoms with Crippen molar-refractivity contribution in [1.29, 1.82) is 0 Å². The fourth-order valence-electron chi connectivity index (χ4n) is 1.44. The summed E-state index contributed by atoms with van der Waals surface area (Å²) in [6.07, 6.45) is 0.706. The predicted molar refractivity (Wildman–Crippen MR) is 52.2 cm³/mol. The highest BCUT2D eigenvalue weighted by molar-refractivity contribution is 5.86. The molecule has 4 N–H and O–H groups in total. The van der Waals surface area contributed by atoms with E-state index in [0.29, 0.717) is 13.0 Å². The minimum absolute atomic E-state index is 0.0825. The van der Waals surface area contributed by atoms with Crippen molar-refractivity contribution in [3.8, 4) is 0 Å². The van der Waals surface area contributed by atoms with Gasteiger partial charge in [0.1, 0.15) is 12.1 Å². The Balaban J connectivity index is 2.38. The van der Waals surface area contributed by atoms with Crippen LogP contribution in [0.2, 0.25) is 0 Å². The molecule has 3 atom stereocenters. The molecule has 15 heavy (non-hydrogen) atoms. The van der Waals surface area contributed by atoms with E-state index in [1.54, 1.807) is 0 Å². The van der Waals surface area contributed by atoms with Gasteiger partial charge in [-0.1, -0.05) is 0 Å². The molecule has 0 aromatic carbocycles. The van der Waals surface area contributed by atoms with Crippen molar-refractivity contribution >= 4 is 11.9 Å². The van der Waals surface area contributed by atoms with Crippen LogP contribution in [0.1, 0.15) is 19.8 Å². The number of carbonyl (C=O) groups excluding carboxylic acids is 1. The lowest BCUT2D eigenvalue weighted by Gasteiger charge is -2.14. The van der Waals surface area contributed by atoms with E-state index in [-0.39, 0.29) is 12.0 Å². The molecule has 1 aliphatic rings. The molecular formula is C9H16N2O4. The second-order valence-electron chi connectivity index (χ2n) is 3.63. The van der Waals surface area contributed by atoms with Gasteiger partial charge in [0.25, 0.3) is 0 Å². The molecule has 1 rings (SSSR count). The maximum absolute atomic E-state index is 11.5. The average molecular weight is 216 g/mol. The molecule has 0 aliphatic carbocycles. The van der Waals surface area contributed by atoms with Crippen molar-refractivity contribution in [1.82, 2.24) is 5.32 Å². The molecule has 2 unspecified atom stereocenters. The summed E-state index contributed by atoms with van der Waals surface area (Å²) in [5, 5.41) is 11.0. The van der Waals surface area contributed by atoms with Gasteiger partial charge in [0.15, 0.2) is 0 Å². The summed E-state index contributed by atoms with van der Waals surface area (Å²) < 4.78 is 5.32. The van der Waals surface area contributed by atoms with Crippen molar-refractivity contribution in [2.75, 3.05) is 6.54 Å². The van der Waals surface area contributed by atoms with Gasteiger partial charge in [-0.2, -0.15) is 0 Å². The summed E-state index contributed by atoms with van der Waals surface area (Å²) in [5.74, 6) is -1.43. The van der Waals surface area contributed by atoms with E-state index in [4.69, 9.17) is 15.6 Å². The van der Waals surface area contributed by atoms with E-state index in [2.05, 4.69) is 5.32 Å². The Bertz CT molecular complexity index is 256. The zero-order chi connectivity index (χ0) is 11.4. The van der Waals surface area contributed by atoms with Crippen molar-refractivity contribution < 1.29 is 19.4 Å². The van der Waals surface area contributed by atoms with Crippen molar-refractivity contribution in [3.63, 3.8) is 0 Å². The Kier molecular flexibility index (Phi) is 4.05. The standard InChI is InChI=1S/C9H16N2O4/c1-5(9(13)14)11-8(12)7-3-2-6(4-10)15-7/h5-7H,2-4,10H2,1H3,(H,11,12)(H,13,14)/t5-,6?,7?/m1/s1. The topological polar surface area (TPSA) is 102 Å². The summed E-state index contributed by atoms with van der Waals surface area (Å²) in [7, 11) is 0. The monoisotopic (exact) mass is 216 g/mol. The number of amides is 1. The highest BCUT2D eigenvalue weighted by atomic mass is 16.5. The lowest BCUT2D eigenvalue weighted by molar-refractivity contribution is -0.143. The third-order valence-corrected chi connectivity index (χ3v) is 2.39. The van der Waals surface area contributed by atoms with Gasteiger partial charge >= 0.3 is 5.97 Å². The molecular weight excluding hydrogens is 200 g/mol. The van der Waals surface area contributed by atoms with Crippen LogP contribution in [-0.4, -0.2) is 41.8 Å². The number of hydrogen-bond donors (Lipinski definition) is 3. The van der Waals surface area contributed by atoms with Gasteiger partial charge < -0.3 is 20.9 Å². The maximum Gasteiger partial charge on any atom is 0.325 e. The molecule has 0 aromatic rings. The molecule has 1 heterocycles. The lowest BCUT2D eigenvalue weighted by Crippen LogP contribution is -2.44. The Morgan fingerprint density at radius 3 is 2.73 bits per heavy atom. The van der Waals surface area contributed by atoms with Crippen LogP contribution >= 0.6 is 0 Å². The van der Waals surface area contributed by atoms with E-state index >= 15 is 0 Å². The molecule has 6 nitrogen and oxygen atoms in total. The van der Waals surface area contributed by atoms with Crippen LogP contribution in [0.4, 0.5) is 0 Å². The summed E-state index contributed by atoms with van der Waals surface area (Å²) in [4.78, 5) is 22.0. The second-order valence-corrected chi connectivity index (χ2v) is 3.63. The Morgan fingerprint density at radius 2 is 2.27 bits per heavy atom. The van der Waals surface area contributed by atoms with Gasteiger partial charge in [-0.05, 0) is 19.8 Å². The SMILES string of the molecule is C[C@@H](NC(=O)C1CCC(CN)O1)C(=O)O.